The highest BCUT2D eigenvalue weighted by atomic mass is 32.1. The van der Waals surface area contributed by atoms with Crippen molar-refractivity contribution < 1.29 is 9.53 Å². The van der Waals surface area contributed by atoms with Crippen LogP contribution in [-0.4, -0.2) is 15.9 Å². The molecule has 0 amide bonds. The molecule has 1 aliphatic carbocycles. The molecule has 3 aromatic rings. The van der Waals surface area contributed by atoms with E-state index in [9.17, 15) is 9.59 Å². The fraction of sp³-hybridized carbons (Fsp3) is 0.421. The van der Waals surface area contributed by atoms with Gasteiger partial charge in [-0.2, -0.15) is 0 Å². The van der Waals surface area contributed by atoms with Gasteiger partial charge in [-0.3, -0.25) is 4.79 Å². The largest absolute Gasteiger partial charge is 0.451 e. The number of nitrogens with zero attached hydrogens (tertiary/aromatic N) is 1. The monoisotopic (exact) mass is 388 g/mol. The Balaban J connectivity index is 1.61. The molecule has 4 rings (SSSR count). The molecule has 0 saturated carbocycles. The number of ether oxygens (including phenoxy) is 1. The first-order chi connectivity index (χ1) is 12.5. The number of H-pyrrole nitrogens is 1. The second-order valence-corrected chi connectivity index (χ2v) is 8.89. The van der Waals surface area contributed by atoms with Crippen LogP contribution in [0.3, 0.4) is 0 Å². The highest BCUT2D eigenvalue weighted by Crippen LogP contribution is 2.32. The Kier molecular flexibility index (Phi) is 4.44. The number of carbonyl (C=O) groups excluding carboxylic acids is 1. The zero-order chi connectivity index (χ0) is 18.4. The third-order valence-corrected chi connectivity index (χ3v) is 7.20. The standard InChI is InChI=1S/C19H20N2O3S2/c1-9-11(3)26-18-15(9)17(22)20-16(21-18)10(2)24-19(23)13-8-25-14-7-5-4-6-12(13)14/h8,10H,4-7H2,1-3H3,(H,20,21,22). The van der Waals surface area contributed by atoms with Gasteiger partial charge in [-0.1, -0.05) is 0 Å². The Morgan fingerprint density at radius 1 is 1.31 bits per heavy atom. The number of rotatable bonds is 3. The number of nitrogens with one attached hydrogen (secondary N) is 1. The van der Waals surface area contributed by atoms with Crippen LogP contribution >= 0.6 is 22.7 Å². The maximum absolute atomic E-state index is 12.6. The molecule has 1 aliphatic rings. The Labute approximate surface area is 159 Å². The Morgan fingerprint density at radius 3 is 2.88 bits per heavy atom. The van der Waals surface area contributed by atoms with Gasteiger partial charge in [0, 0.05) is 15.1 Å². The van der Waals surface area contributed by atoms with Gasteiger partial charge in [0.1, 0.15) is 4.83 Å². The summed E-state index contributed by atoms with van der Waals surface area (Å²) in [5, 5.41) is 2.53. The minimum absolute atomic E-state index is 0.178. The third-order valence-electron chi connectivity index (χ3n) is 5.01. The number of hydrogen-bond donors (Lipinski definition) is 1. The highest BCUT2D eigenvalue weighted by molar-refractivity contribution is 7.18. The van der Waals surface area contributed by atoms with E-state index in [1.54, 1.807) is 18.3 Å². The van der Waals surface area contributed by atoms with Crippen LogP contribution in [0.4, 0.5) is 0 Å². The molecule has 0 saturated heterocycles. The summed E-state index contributed by atoms with van der Waals surface area (Å²) in [6.45, 7) is 5.64. The summed E-state index contributed by atoms with van der Waals surface area (Å²) < 4.78 is 5.63. The average Bonchev–Trinajstić information content (AvgIpc) is 3.16. The van der Waals surface area contributed by atoms with Crippen LogP contribution in [0.5, 0.6) is 0 Å². The van der Waals surface area contributed by atoms with Crippen LogP contribution in [0, 0.1) is 13.8 Å². The SMILES string of the molecule is Cc1sc2nc(C(C)OC(=O)c3csc4c3CCCC4)[nH]c(=O)c2c1C. The van der Waals surface area contributed by atoms with Crippen molar-refractivity contribution in [2.75, 3.05) is 0 Å². The van der Waals surface area contributed by atoms with Crippen LogP contribution in [0.2, 0.25) is 0 Å². The third kappa shape index (κ3) is 2.89. The maximum atomic E-state index is 12.6. The van der Waals surface area contributed by atoms with Crippen molar-refractivity contribution in [3.8, 4) is 0 Å². The molecule has 1 N–H and O–H groups in total. The lowest BCUT2D eigenvalue weighted by atomic mass is 9.96. The van der Waals surface area contributed by atoms with Crippen molar-refractivity contribution in [2.24, 2.45) is 0 Å². The number of aromatic amines is 1. The number of hydrogen-bond acceptors (Lipinski definition) is 6. The number of esters is 1. The molecule has 0 aromatic carbocycles. The van der Waals surface area contributed by atoms with Crippen LogP contribution in [0.15, 0.2) is 10.2 Å². The second kappa shape index (κ2) is 6.63. The zero-order valence-electron chi connectivity index (χ0n) is 15.0. The summed E-state index contributed by atoms with van der Waals surface area (Å²) in [6, 6.07) is 0. The molecular formula is C19H20N2O3S2. The predicted octanol–water partition coefficient (Wildman–Crippen LogP) is 4.46. The average molecular weight is 389 g/mol. The molecule has 26 heavy (non-hydrogen) atoms. The van der Waals surface area contributed by atoms with E-state index in [2.05, 4.69) is 9.97 Å². The first-order valence-electron chi connectivity index (χ1n) is 8.76. The lowest BCUT2D eigenvalue weighted by Crippen LogP contribution is -2.18. The van der Waals surface area contributed by atoms with Crippen LogP contribution in [-0.2, 0) is 17.6 Å². The van der Waals surface area contributed by atoms with Gasteiger partial charge in [0.2, 0.25) is 0 Å². The molecule has 7 heteroatoms. The number of thiophene rings is 2. The summed E-state index contributed by atoms with van der Waals surface area (Å²) in [5.41, 5.74) is 2.59. The molecule has 0 radical (unpaired) electrons. The molecule has 0 bridgehead atoms. The Bertz CT molecular complexity index is 1060. The normalized spacial score (nSPS) is 15.0. The summed E-state index contributed by atoms with van der Waals surface area (Å²) in [4.78, 5) is 35.4. The summed E-state index contributed by atoms with van der Waals surface area (Å²) in [7, 11) is 0. The van der Waals surface area contributed by atoms with Gasteiger partial charge < -0.3 is 9.72 Å². The van der Waals surface area contributed by atoms with Gasteiger partial charge in [0.05, 0.1) is 10.9 Å². The van der Waals surface area contributed by atoms with E-state index in [-0.39, 0.29) is 11.5 Å². The van der Waals surface area contributed by atoms with Gasteiger partial charge in [-0.05, 0) is 57.6 Å². The van der Waals surface area contributed by atoms with E-state index in [0.717, 1.165) is 35.3 Å². The Hall–Kier alpha value is -1.99. The number of fused-ring (bicyclic) bond motifs is 2. The number of aromatic nitrogens is 2. The molecule has 3 heterocycles. The fourth-order valence-corrected chi connectivity index (χ4v) is 5.56. The molecule has 5 nitrogen and oxygen atoms in total. The first-order valence-corrected chi connectivity index (χ1v) is 10.5. The van der Waals surface area contributed by atoms with Crippen molar-refractivity contribution in [1.82, 2.24) is 9.97 Å². The van der Waals surface area contributed by atoms with Crippen molar-refractivity contribution in [3.63, 3.8) is 0 Å². The number of carbonyl (C=O) groups is 1. The summed E-state index contributed by atoms with van der Waals surface area (Å²) in [6.07, 6.45) is 3.67. The van der Waals surface area contributed by atoms with E-state index in [0.29, 0.717) is 21.6 Å². The molecule has 1 unspecified atom stereocenters. The van der Waals surface area contributed by atoms with Crippen LogP contribution in [0.25, 0.3) is 10.2 Å². The molecule has 3 aromatic heterocycles. The highest BCUT2D eigenvalue weighted by Gasteiger charge is 2.24. The lowest BCUT2D eigenvalue weighted by molar-refractivity contribution is 0.0319. The topological polar surface area (TPSA) is 72.0 Å². The molecular weight excluding hydrogens is 368 g/mol. The van der Waals surface area contributed by atoms with Crippen molar-refractivity contribution in [1.29, 1.82) is 0 Å². The smallest absolute Gasteiger partial charge is 0.339 e. The molecule has 1 atom stereocenters. The van der Waals surface area contributed by atoms with Crippen LogP contribution < -0.4 is 5.56 Å². The van der Waals surface area contributed by atoms with E-state index >= 15 is 0 Å². The molecule has 0 spiro atoms. The first kappa shape index (κ1) is 17.4. The lowest BCUT2D eigenvalue weighted by Gasteiger charge is -2.15. The zero-order valence-corrected chi connectivity index (χ0v) is 16.6. The minimum atomic E-state index is -0.610. The molecule has 0 aliphatic heterocycles. The second-order valence-electron chi connectivity index (χ2n) is 6.72. The summed E-state index contributed by atoms with van der Waals surface area (Å²) in [5.74, 6) is 0.0550. The van der Waals surface area contributed by atoms with E-state index in [4.69, 9.17) is 4.74 Å². The predicted molar refractivity (Wildman–Crippen MR) is 105 cm³/mol. The fourth-order valence-electron chi connectivity index (χ4n) is 3.41. The quantitative estimate of drug-likeness (QED) is 0.673. The van der Waals surface area contributed by atoms with Crippen molar-refractivity contribution in [2.45, 2.75) is 52.6 Å². The minimum Gasteiger partial charge on any atom is -0.451 e. The summed E-state index contributed by atoms with van der Waals surface area (Å²) >= 11 is 3.13. The van der Waals surface area contributed by atoms with Gasteiger partial charge in [-0.15, -0.1) is 22.7 Å². The van der Waals surface area contributed by atoms with Gasteiger partial charge in [0.25, 0.3) is 5.56 Å². The van der Waals surface area contributed by atoms with Crippen molar-refractivity contribution >= 4 is 38.9 Å². The van der Waals surface area contributed by atoms with Crippen LogP contribution in [0.1, 0.15) is 62.9 Å². The Morgan fingerprint density at radius 2 is 2.08 bits per heavy atom. The van der Waals surface area contributed by atoms with Crippen molar-refractivity contribution in [3.05, 3.63) is 48.0 Å². The van der Waals surface area contributed by atoms with Gasteiger partial charge in [-0.25, -0.2) is 9.78 Å². The maximum Gasteiger partial charge on any atom is 0.339 e. The van der Waals surface area contributed by atoms with E-state index in [1.165, 1.54) is 22.6 Å². The number of aryl methyl sites for hydroxylation is 3. The van der Waals surface area contributed by atoms with Gasteiger partial charge in [0.15, 0.2) is 11.9 Å². The van der Waals surface area contributed by atoms with Gasteiger partial charge >= 0.3 is 5.97 Å². The van der Waals surface area contributed by atoms with E-state index < -0.39 is 6.10 Å². The molecule has 0 fully saturated rings. The van der Waals surface area contributed by atoms with E-state index in [1.807, 2.05) is 19.2 Å². The molecule has 136 valence electrons.